The van der Waals surface area contributed by atoms with Gasteiger partial charge in [0.25, 0.3) is 0 Å². The lowest BCUT2D eigenvalue weighted by Crippen LogP contribution is -2.11. The summed E-state index contributed by atoms with van der Waals surface area (Å²) in [6.07, 6.45) is 2.64. The third-order valence-corrected chi connectivity index (χ3v) is 9.94. The average Bonchev–Trinajstić information content (AvgIpc) is 4.10. The molecule has 0 spiro atoms. The lowest BCUT2D eigenvalue weighted by Gasteiger charge is -2.13. The van der Waals surface area contributed by atoms with Gasteiger partial charge in [-0.1, -0.05) is 60.6 Å². The van der Waals surface area contributed by atoms with E-state index in [-0.39, 0.29) is 29.8 Å². The monoisotopic (exact) mass is 827 g/mol. The molecule has 1 unspecified atom stereocenters. The summed E-state index contributed by atoms with van der Waals surface area (Å²) in [5, 5.41) is 11.2. The molecule has 1 saturated heterocycles. The maximum atomic E-state index is 13.4. The predicted molar refractivity (Wildman–Crippen MR) is 229 cm³/mol. The number of nitrogens with one attached hydrogen (secondary N) is 1. The average molecular weight is 828 g/mol. The Morgan fingerprint density at radius 2 is 1.30 bits per heavy atom. The summed E-state index contributed by atoms with van der Waals surface area (Å²) in [5.41, 5.74) is 3.28. The third kappa shape index (κ3) is 10.6. The van der Waals surface area contributed by atoms with Gasteiger partial charge in [-0.3, -0.25) is 0 Å². The number of carbonyl (C=O) groups excluding carboxylic acids is 3. The molecular weight excluding hydrogens is 786 g/mol. The van der Waals surface area contributed by atoms with Crippen LogP contribution in [0.3, 0.4) is 0 Å². The molecule has 12 heteroatoms. The van der Waals surface area contributed by atoms with Gasteiger partial charge < -0.3 is 38.6 Å². The van der Waals surface area contributed by atoms with Crippen molar-refractivity contribution in [3.8, 4) is 34.1 Å². The van der Waals surface area contributed by atoms with Crippen molar-refractivity contribution in [2.45, 2.75) is 25.9 Å². The molecule has 0 amide bonds. The Bertz CT molecular complexity index is 2550. The Hall–Kier alpha value is -6.53. The largest absolute Gasteiger partial charge is 0.494 e. The number of halogens is 1. The molecule has 1 N–H and O–H groups in total. The van der Waals surface area contributed by atoms with E-state index < -0.39 is 17.9 Å². The fraction of sp³-hybridized carbons (Fsp3) is 0.208. The minimum atomic E-state index is -0.610. The standard InChI is InChI=1S/C48H42ClNO10/c1-30(2)46(51)57-24-4-23-56-37-13-5-31(6-14-37)33-9-18-41-35(25-33)12-20-44(45(41)49)60-48(53)36-10-17-40-34(26-36)11-19-43(42(40)27-50)59-47(52)32-7-15-38(16-8-32)55-22-3-21-54-28-39-29-58-39/h5-20,25-27,39,50H,1,3-4,21-24,28-29H2,2H3. The Balaban J connectivity index is 0.945. The van der Waals surface area contributed by atoms with Gasteiger partial charge in [0.1, 0.15) is 29.1 Å². The number of hydrogen-bond acceptors (Lipinski definition) is 11. The van der Waals surface area contributed by atoms with Crippen molar-refractivity contribution in [2.24, 2.45) is 0 Å². The van der Waals surface area contributed by atoms with Crippen molar-refractivity contribution in [1.29, 1.82) is 5.41 Å². The summed E-state index contributed by atoms with van der Waals surface area (Å²) < 4.78 is 38.7. The second kappa shape index (κ2) is 19.5. The van der Waals surface area contributed by atoms with Crippen LogP contribution >= 0.6 is 11.6 Å². The Morgan fingerprint density at radius 3 is 1.98 bits per heavy atom. The zero-order chi connectivity index (χ0) is 42.0. The van der Waals surface area contributed by atoms with Crippen LogP contribution in [0.4, 0.5) is 0 Å². The molecule has 1 heterocycles. The molecule has 0 aliphatic carbocycles. The summed E-state index contributed by atoms with van der Waals surface area (Å²) >= 11 is 6.78. The lowest BCUT2D eigenvalue weighted by atomic mass is 10.0. The van der Waals surface area contributed by atoms with E-state index in [9.17, 15) is 14.4 Å². The maximum Gasteiger partial charge on any atom is 0.343 e. The van der Waals surface area contributed by atoms with Gasteiger partial charge in [-0.2, -0.15) is 0 Å². The summed E-state index contributed by atoms with van der Waals surface area (Å²) in [5.74, 6) is 0.136. The van der Waals surface area contributed by atoms with Crippen molar-refractivity contribution in [2.75, 3.05) is 39.6 Å². The first-order valence-electron chi connectivity index (χ1n) is 19.4. The van der Waals surface area contributed by atoms with Gasteiger partial charge in [-0.15, -0.1) is 0 Å². The smallest absolute Gasteiger partial charge is 0.343 e. The van der Waals surface area contributed by atoms with Crippen LogP contribution in [0.1, 0.15) is 46.0 Å². The number of fused-ring (bicyclic) bond motifs is 2. The minimum absolute atomic E-state index is 0.208. The van der Waals surface area contributed by atoms with Gasteiger partial charge in [0, 0.05) is 42.2 Å². The van der Waals surface area contributed by atoms with Crippen LogP contribution < -0.4 is 18.9 Å². The molecule has 6 aromatic rings. The van der Waals surface area contributed by atoms with E-state index in [1.165, 1.54) is 0 Å². The van der Waals surface area contributed by atoms with Crippen molar-refractivity contribution in [1.82, 2.24) is 0 Å². The molecular formula is C48H42ClNO10. The molecule has 1 fully saturated rings. The van der Waals surface area contributed by atoms with Gasteiger partial charge >= 0.3 is 17.9 Å². The first-order chi connectivity index (χ1) is 29.2. The Kier molecular flexibility index (Phi) is 13.5. The fourth-order valence-corrected chi connectivity index (χ4v) is 6.52. The predicted octanol–water partition coefficient (Wildman–Crippen LogP) is 9.82. The highest BCUT2D eigenvalue weighted by molar-refractivity contribution is 6.37. The van der Waals surface area contributed by atoms with Crippen molar-refractivity contribution < 1.29 is 47.5 Å². The van der Waals surface area contributed by atoms with Gasteiger partial charge in [-0.05, 0) is 101 Å². The van der Waals surface area contributed by atoms with E-state index in [0.29, 0.717) is 76.8 Å². The highest BCUT2D eigenvalue weighted by atomic mass is 35.5. The van der Waals surface area contributed by atoms with E-state index in [1.807, 2.05) is 48.5 Å². The number of epoxide rings is 1. The van der Waals surface area contributed by atoms with Gasteiger partial charge in [-0.25, -0.2) is 14.4 Å². The van der Waals surface area contributed by atoms with Gasteiger partial charge in [0.2, 0.25) is 0 Å². The number of rotatable bonds is 19. The van der Waals surface area contributed by atoms with Crippen LogP contribution in [0.5, 0.6) is 23.0 Å². The van der Waals surface area contributed by atoms with E-state index in [2.05, 4.69) is 6.58 Å². The molecule has 0 aromatic heterocycles. The van der Waals surface area contributed by atoms with Crippen LogP contribution in [-0.2, 0) is 19.0 Å². The van der Waals surface area contributed by atoms with Gasteiger partial charge in [0.15, 0.2) is 0 Å². The van der Waals surface area contributed by atoms with E-state index in [1.54, 1.807) is 67.6 Å². The zero-order valence-corrected chi connectivity index (χ0v) is 33.6. The van der Waals surface area contributed by atoms with Crippen molar-refractivity contribution >= 4 is 57.3 Å². The molecule has 7 rings (SSSR count). The third-order valence-electron chi connectivity index (χ3n) is 9.55. The summed E-state index contributed by atoms with van der Waals surface area (Å²) in [6.45, 7) is 8.26. The first-order valence-corrected chi connectivity index (χ1v) is 19.8. The van der Waals surface area contributed by atoms with E-state index >= 15 is 0 Å². The topological polar surface area (TPSA) is 143 Å². The number of ether oxygens (including phenoxy) is 7. The quantitative estimate of drug-likeness (QED) is 0.0209. The van der Waals surface area contributed by atoms with Crippen LogP contribution in [0.15, 0.2) is 121 Å². The summed E-state index contributed by atoms with van der Waals surface area (Å²) in [7, 11) is 0. The molecule has 1 aliphatic heterocycles. The molecule has 60 heavy (non-hydrogen) atoms. The summed E-state index contributed by atoms with van der Waals surface area (Å²) in [4.78, 5) is 37.9. The first kappa shape index (κ1) is 41.6. The van der Waals surface area contributed by atoms with Gasteiger partial charge in [0.05, 0.1) is 49.2 Å². The molecule has 306 valence electrons. The van der Waals surface area contributed by atoms with E-state index in [4.69, 9.17) is 50.2 Å². The second-order valence-corrected chi connectivity index (χ2v) is 14.4. The van der Waals surface area contributed by atoms with Crippen molar-refractivity contribution in [3.05, 3.63) is 143 Å². The number of hydrogen-bond donors (Lipinski definition) is 1. The highest BCUT2D eigenvalue weighted by Gasteiger charge is 2.22. The Morgan fingerprint density at radius 1 is 0.717 bits per heavy atom. The second-order valence-electron chi connectivity index (χ2n) is 14.0. The molecule has 11 nitrogen and oxygen atoms in total. The SMILES string of the molecule is C=C(C)C(=O)OCCCOc1ccc(-c2ccc3c(Cl)c(OC(=O)c4ccc5c(C=N)c(OC(=O)c6ccc(OCCCOCC7CO7)cc6)ccc5c4)ccc3c2)cc1. The Labute approximate surface area is 351 Å². The normalized spacial score (nSPS) is 13.1. The molecule has 0 saturated carbocycles. The van der Waals surface area contributed by atoms with Crippen LogP contribution in [0.2, 0.25) is 5.02 Å². The molecule has 0 bridgehead atoms. The number of benzene rings is 6. The fourth-order valence-electron chi connectivity index (χ4n) is 6.24. The molecule has 0 radical (unpaired) electrons. The van der Waals surface area contributed by atoms with Crippen LogP contribution in [0, 0.1) is 5.41 Å². The van der Waals surface area contributed by atoms with E-state index in [0.717, 1.165) is 41.1 Å². The number of esters is 3. The van der Waals surface area contributed by atoms with Crippen LogP contribution in [0.25, 0.3) is 32.7 Å². The maximum absolute atomic E-state index is 13.4. The van der Waals surface area contributed by atoms with Crippen LogP contribution in [-0.4, -0.2) is 69.9 Å². The highest BCUT2D eigenvalue weighted by Crippen LogP contribution is 2.36. The zero-order valence-electron chi connectivity index (χ0n) is 32.9. The summed E-state index contributed by atoms with van der Waals surface area (Å²) in [6, 6.07) is 31.9. The lowest BCUT2D eigenvalue weighted by molar-refractivity contribution is -0.139. The van der Waals surface area contributed by atoms with Crippen molar-refractivity contribution in [3.63, 3.8) is 0 Å². The number of carbonyl (C=O) groups is 3. The molecule has 1 aliphatic rings. The minimum Gasteiger partial charge on any atom is -0.494 e. The molecule has 6 aromatic carbocycles. The molecule has 1 atom stereocenters.